The zero-order valence-electron chi connectivity index (χ0n) is 31.6. The van der Waals surface area contributed by atoms with Crippen LogP contribution in [0.3, 0.4) is 0 Å². The van der Waals surface area contributed by atoms with Crippen LogP contribution >= 0.6 is 0 Å². The molecule has 0 spiro atoms. The molecule has 4 aromatic carbocycles. The van der Waals surface area contributed by atoms with Gasteiger partial charge < -0.3 is 34.2 Å². The van der Waals surface area contributed by atoms with Gasteiger partial charge in [-0.1, -0.05) is 42.5 Å². The van der Waals surface area contributed by atoms with Crippen molar-refractivity contribution in [1.29, 1.82) is 0 Å². The van der Waals surface area contributed by atoms with Crippen molar-refractivity contribution in [3.05, 3.63) is 113 Å². The third-order valence-electron chi connectivity index (χ3n) is 9.66. The van der Waals surface area contributed by atoms with Crippen molar-refractivity contribution >= 4 is 29.1 Å². The number of benzene rings is 4. The van der Waals surface area contributed by atoms with E-state index in [2.05, 4.69) is 24.3 Å². The quantitative estimate of drug-likeness (QED) is 0.119. The Morgan fingerprint density at radius 3 is 2.30 bits per heavy atom. The van der Waals surface area contributed by atoms with Gasteiger partial charge in [-0.2, -0.15) is 0 Å². The lowest BCUT2D eigenvalue weighted by Gasteiger charge is -2.35. The molecule has 1 aliphatic rings. The SMILES string of the molecule is COc1cc(C(=O)N(C)c2ccc(C)cc2OCCCCCC(=O)N2CCC(N(C)C)CC2)ccc1NC(=O)c1cccc(OCc2ccccc2)c1. The maximum Gasteiger partial charge on any atom is 0.258 e. The first-order chi connectivity index (χ1) is 25.6. The van der Waals surface area contributed by atoms with Crippen LogP contribution in [0.15, 0.2) is 91.0 Å². The molecule has 0 radical (unpaired) electrons. The lowest BCUT2D eigenvalue weighted by molar-refractivity contribution is -0.132. The summed E-state index contributed by atoms with van der Waals surface area (Å²) in [6.45, 7) is 4.52. The summed E-state index contributed by atoms with van der Waals surface area (Å²) in [4.78, 5) is 45.5. The van der Waals surface area contributed by atoms with Crippen LogP contribution in [0.2, 0.25) is 0 Å². The van der Waals surface area contributed by atoms with E-state index in [1.807, 2.05) is 66.4 Å². The maximum absolute atomic E-state index is 13.7. The molecule has 1 aliphatic heterocycles. The number of anilines is 2. The molecule has 1 fully saturated rings. The van der Waals surface area contributed by atoms with Crippen molar-refractivity contribution in [1.82, 2.24) is 9.80 Å². The zero-order valence-corrected chi connectivity index (χ0v) is 31.6. The van der Waals surface area contributed by atoms with Gasteiger partial charge >= 0.3 is 0 Å². The van der Waals surface area contributed by atoms with Crippen LogP contribution in [0.4, 0.5) is 11.4 Å². The van der Waals surface area contributed by atoms with Crippen molar-refractivity contribution in [3.63, 3.8) is 0 Å². The lowest BCUT2D eigenvalue weighted by atomic mass is 10.0. The second-order valence-corrected chi connectivity index (χ2v) is 13.7. The summed E-state index contributed by atoms with van der Waals surface area (Å²) in [7, 11) is 7.41. The summed E-state index contributed by atoms with van der Waals surface area (Å²) in [5, 5.41) is 2.90. The first kappa shape index (κ1) is 38.9. The van der Waals surface area contributed by atoms with Gasteiger partial charge in [0.25, 0.3) is 11.8 Å². The predicted octanol–water partition coefficient (Wildman–Crippen LogP) is 7.60. The number of rotatable bonds is 16. The molecule has 10 nitrogen and oxygen atoms in total. The summed E-state index contributed by atoms with van der Waals surface area (Å²) >= 11 is 0. The number of amides is 3. The molecule has 0 aromatic heterocycles. The number of hydrogen-bond donors (Lipinski definition) is 1. The van der Waals surface area contributed by atoms with Gasteiger partial charge in [0.1, 0.15) is 23.9 Å². The van der Waals surface area contributed by atoms with Crippen molar-refractivity contribution in [3.8, 4) is 17.2 Å². The van der Waals surface area contributed by atoms with E-state index in [-0.39, 0.29) is 17.7 Å². The number of hydrogen-bond acceptors (Lipinski definition) is 7. The Hall–Kier alpha value is -5.35. The van der Waals surface area contributed by atoms with Crippen LogP contribution in [0.1, 0.15) is 70.4 Å². The third kappa shape index (κ3) is 10.8. The number of methoxy groups -OCH3 is 1. The highest BCUT2D eigenvalue weighted by molar-refractivity contribution is 6.08. The molecular weight excluding hydrogens is 668 g/mol. The molecule has 0 saturated carbocycles. The number of piperidine rings is 1. The molecule has 5 rings (SSSR count). The number of carbonyl (C=O) groups excluding carboxylic acids is 3. The summed E-state index contributed by atoms with van der Waals surface area (Å²) in [6.07, 6.45) is 5.12. The summed E-state index contributed by atoms with van der Waals surface area (Å²) in [6, 6.07) is 28.1. The fourth-order valence-corrected chi connectivity index (χ4v) is 6.43. The molecule has 0 unspecified atom stereocenters. The fraction of sp³-hybridized carbons (Fsp3) is 0.372. The number of carbonyl (C=O) groups is 3. The Kier molecular flexibility index (Phi) is 13.9. The summed E-state index contributed by atoms with van der Waals surface area (Å²) in [5.74, 6) is 1.20. The Morgan fingerprint density at radius 2 is 1.57 bits per heavy atom. The first-order valence-corrected chi connectivity index (χ1v) is 18.3. The minimum atomic E-state index is -0.335. The van der Waals surface area contributed by atoms with Crippen molar-refractivity contribution in [2.45, 2.75) is 58.1 Å². The zero-order chi connectivity index (χ0) is 37.7. The van der Waals surface area contributed by atoms with Crippen LogP contribution < -0.4 is 24.4 Å². The smallest absolute Gasteiger partial charge is 0.258 e. The lowest BCUT2D eigenvalue weighted by Crippen LogP contribution is -2.44. The Balaban J connectivity index is 1.14. The minimum Gasteiger partial charge on any atom is -0.495 e. The average molecular weight is 721 g/mol. The molecule has 1 N–H and O–H groups in total. The van der Waals surface area contributed by atoms with E-state index >= 15 is 0 Å². The van der Waals surface area contributed by atoms with Gasteiger partial charge in [-0.05, 0) is 113 Å². The van der Waals surface area contributed by atoms with Crippen molar-refractivity contribution in [2.24, 2.45) is 0 Å². The average Bonchev–Trinajstić information content (AvgIpc) is 3.18. The predicted molar refractivity (Wildman–Crippen MR) is 209 cm³/mol. The van der Waals surface area contributed by atoms with E-state index in [1.54, 1.807) is 48.3 Å². The standard InChI is InChI=1S/C43H52N4O6/c1-31-18-21-38(40(27-31)52-26-11-7-10-17-41(48)47-24-22-35(23-25-47)45(2)3)46(4)43(50)34-19-20-37(39(29-34)51-5)44-42(49)33-15-12-16-36(28-33)53-30-32-13-8-6-9-14-32/h6,8-9,12-16,18-21,27-29,35H,7,10-11,17,22-26,30H2,1-5H3,(H,44,49). The minimum absolute atomic E-state index is 0.242. The highest BCUT2D eigenvalue weighted by Crippen LogP contribution is 2.32. The number of unbranched alkanes of at least 4 members (excludes halogenated alkanes) is 2. The molecule has 3 amide bonds. The number of aryl methyl sites for hydroxylation is 1. The van der Waals surface area contributed by atoms with E-state index in [9.17, 15) is 14.4 Å². The van der Waals surface area contributed by atoms with Gasteiger partial charge in [0.05, 0.1) is 25.1 Å². The molecule has 4 aromatic rings. The van der Waals surface area contributed by atoms with Gasteiger partial charge in [0.15, 0.2) is 0 Å². The van der Waals surface area contributed by atoms with Crippen LogP contribution in [-0.2, 0) is 11.4 Å². The number of ether oxygens (including phenoxy) is 3. The van der Waals surface area contributed by atoms with Crippen molar-refractivity contribution in [2.75, 3.05) is 58.2 Å². The van der Waals surface area contributed by atoms with Gasteiger partial charge in [-0.3, -0.25) is 14.4 Å². The van der Waals surface area contributed by atoms with Crippen LogP contribution in [0.5, 0.6) is 17.2 Å². The second kappa shape index (κ2) is 18.9. The number of likely N-dealkylation sites (tertiary alicyclic amines) is 1. The van der Waals surface area contributed by atoms with E-state index in [0.717, 1.165) is 56.3 Å². The monoisotopic (exact) mass is 720 g/mol. The molecule has 0 aliphatic carbocycles. The second-order valence-electron chi connectivity index (χ2n) is 13.7. The molecule has 1 saturated heterocycles. The molecule has 1 heterocycles. The van der Waals surface area contributed by atoms with E-state index in [4.69, 9.17) is 14.2 Å². The van der Waals surface area contributed by atoms with Gasteiger partial charge in [-0.25, -0.2) is 0 Å². The van der Waals surface area contributed by atoms with Crippen LogP contribution in [-0.4, -0.2) is 81.5 Å². The molecule has 53 heavy (non-hydrogen) atoms. The van der Waals surface area contributed by atoms with Gasteiger partial charge in [0.2, 0.25) is 5.91 Å². The Morgan fingerprint density at radius 1 is 0.792 bits per heavy atom. The third-order valence-corrected chi connectivity index (χ3v) is 9.66. The van der Waals surface area contributed by atoms with Crippen molar-refractivity contribution < 1.29 is 28.6 Å². The molecule has 280 valence electrons. The highest BCUT2D eigenvalue weighted by atomic mass is 16.5. The highest BCUT2D eigenvalue weighted by Gasteiger charge is 2.24. The largest absolute Gasteiger partial charge is 0.495 e. The number of nitrogens with one attached hydrogen (secondary N) is 1. The van der Waals surface area contributed by atoms with E-state index in [1.165, 1.54) is 7.11 Å². The molecule has 0 bridgehead atoms. The Labute approximate surface area is 313 Å². The summed E-state index contributed by atoms with van der Waals surface area (Å²) < 4.78 is 17.7. The molecular formula is C43H52N4O6. The van der Waals surface area contributed by atoms with Gasteiger partial charge in [-0.15, -0.1) is 0 Å². The Bertz CT molecular complexity index is 1840. The first-order valence-electron chi connectivity index (χ1n) is 18.3. The van der Waals surface area contributed by atoms with E-state index < -0.39 is 0 Å². The van der Waals surface area contributed by atoms with Gasteiger partial charge in [0, 0.05) is 43.7 Å². The topological polar surface area (TPSA) is 101 Å². The molecule has 10 heteroatoms. The van der Waals surface area contributed by atoms with Crippen LogP contribution in [0, 0.1) is 6.92 Å². The number of nitrogens with zero attached hydrogens (tertiary/aromatic N) is 3. The maximum atomic E-state index is 13.7. The molecule has 0 atom stereocenters. The summed E-state index contributed by atoms with van der Waals surface area (Å²) in [5.41, 5.74) is 3.93. The fourth-order valence-electron chi connectivity index (χ4n) is 6.43. The van der Waals surface area contributed by atoms with E-state index in [0.29, 0.717) is 65.4 Å². The van der Waals surface area contributed by atoms with Crippen LogP contribution in [0.25, 0.3) is 0 Å². The normalized spacial score (nSPS) is 13.1.